The molecular formula is C17H22N2O3. The summed E-state index contributed by atoms with van der Waals surface area (Å²) in [4.78, 5) is 17.9. The molecule has 3 rings (SSSR count). The second-order valence-electron chi connectivity index (χ2n) is 6.28. The van der Waals surface area contributed by atoms with Crippen molar-refractivity contribution in [1.29, 1.82) is 0 Å². The summed E-state index contributed by atoms with van der Waals surface area (Å²) >= 11 is 0. The van der Waals surface area contributed by atoms with Gasteiger partial charge in [-0.1, -0.05) is 6.07 Å². The van der Waals surface area contributed by atoms with Crippen LogP contribution in [0.1, 0.15) is 19.4 Å². The Morgan fingerprint density at radius 3 is 3.00 bits per heavy atom. The van der Waals surface area contributed by atoms with Gasteiger partial charge in [0.15, 0.2) is 0 Å². The minimum Gasteiger partial charge on any atom is -0.496 e. The molecule has 1 N–H and O–H groups in total. The second-order valence-corrected chi connectivity index (χ2v) is 6.28. The van der Waals surface area contributed by atoms with E-state index in [1.807, 2.05) is 43.1 Å². The Bertz CT molecular complexity index is 690. The van der Waals surface area contributed by atoms with Crippen molar-refractivity contribution in [3.63, 3.8) is 0 Å². The highest BCUT2D eigenvalue weighted by Crippen LogP contribution is 2.30. The topological polar surface area (TPSA) is 54.6 Å². The van der Waals surface area contributed by atoms with E-state index in [0.717, 1.165) is 22.2 Å². The molecule has 0 aliphatic carbocycles. The summed E-state index contributed by atoms with van der Waals surface area (Å²) < 4.78 is 10.9. The Morgan fingerprint density at radius 1 is 1.45 bits per heavy atom. The Labute approximate surface area is 130 Å². The van der Waals surface area contributed by atoms with Gasteiger partial charge in [0.1, 0.15) is 5.75 Å². The van der Waals surface area contributed by atoms with Crippen molar-refractivity contribution in [1.82, 2.24) is 9.88 Å². The van der Waals surface area contributed by atoms with Crippen molar-refractivity contribution in [2.45, 2.75) is 25.8 Å². The van der Waals surface area contributed by atoms with E-state index in [2.05, 4.69) is 4.98 Å². The summed E-state index contributed by atoms with van der Waals surface area (Å²) in [6, 6.07) is 5.85. The highest BCUT2D eigenvalue weighted by atomic mass is 16.5. The Kier molecular flexibility index (Phi) is 3.83. The number of fused-ring (bicyclic) bond motifs is 1. The van der Waals surface area contributed by atoms with Crippen molar-refractivity contribution >= 4 is 16.8 Å². The Balaban J connectivity index is 1.88. The summed E-state index contributed by atoms with van der Waals surface area (Å²) in [5.74, 6) is 0.919. The fraction of sp³-hybridized carbons (Fsp3) is 0.471. The summed E-state index contributed by atoms with van der Waals surface area (Å²) in [7, 11) is 1.65. The molecule has 5 nitrogen and oxygen atoms in total. The number of amides is 1. The van der Waals surface area contributed by atoms with Crippen molar-refractivity contribution in [2.75, 3.05) is 26.9 Å². The number of aromatic nitrogens is 1. The molecule has 22 heavy (non-hydrogen) atoms. The molecule has 0 saturated carbocycles. The van der Waals surface area contributed by atoms with Gasteiger partial charge in [-0.2, -0.15) is 0 Å². The first-order valence-electron chi connectivity index (χ1n) is 7.54. The molecule has 118 valence electrons. The van der Waals surface area contributed by atoms with E-state index in [1.165, 1.54) is 0 Å². The quantitative estimate of drug-likeness (QED) is 0.947. The number of rotatable bonds is 3. The van der Waals surface area contributed by atoms with Crippen LogP contribution in [0.4, 0.5) is 0 Å². The van der Waals surface area contributed by atoms with E-state index in [0.29, 0.717) is 26.2 Å². The van der Waals surface area contributed by atoms with Gasteiger partial charge in [-0.05, 0) is 31.5 Å². The first-order chi connectivity index (χ1) is 10.5. The van der Waals surface area contributed by atoms with E-state index in [4.69, 9.17) is 9.47 Å². The van der Waals surface area contributed by atoms with Crippen LogP contribution in [-0.2, 0) is 16.0 Å². The van der Waals surface area contributed by atoms with Gasteiger partial charge in [-0.3, -0.25) is 4.79 Å². The molecule has 0 unspecified atom stereocenters. The highest BCUT2D eigenvalue weighted by molar-refractivity contribution is 5.93. The average molecular weight is 302 g/mol. The van der Waals surface area contributed by atoms with Crippen LogP contribution < -0.4 is 4.74 Å². The zero-order chi connectivity index (χ0) is 15.7. The van der Waals surface area contributed by atoms with Crippen LogP contribution >= 0.6 is 0 Å². The van der Waals surface area contributed by atoms with E-state index in [-0.39, 0.29) is 11.4 Å². The maximum absolute atomic E-state index is 12.7. The molecule has 1 fully saturated rings. The second kappa shape index (κ2) is 5.65. The number of H-pyrrole nitrogens is 1. The molecule has 1 amide bonds. The molecule has 0 atom stereocenters. The zero-order valence-corrected chi connectivity index (χ0v) is 13.3. The first-order valence-corrected chi connectivity index (χ1v) is 7.54. The molecule has 1 aliphatic rings. The van der Waals surface area contributed by atoms with Crippen LogP contribution in [0.2, 0.25) is 0 Å². The van der Waals surface area contributed by atoms with Crippen molar-refractivity contribution in [3.05, 3.63) is 30.0 Å². The van der Waals surface area contributed by atoms with Crippen LogP contribution in [-0.4, -0.2) is 48.2 Å². The summed E-state index contributed by atoms with van der Waals surface area (Å²) in [6.45, 7) is 5.91. The number of aromatic amines is 1. The number of hydrogen-bond acceptors (Lipinski definition) is 3. The predicted molar refractivity (Wildman–Crippen MR) is 85.2 cm³/mol. The number of carbonyl (C=O) groups excluding carboxylic acids is 1. The minimum atomic E-state index is -0.258. The lowest BCUT2D eigenvalue weighted by Crippen LogP contribution is -2.55. The third-order valence-electron chi connectivity index (χ3n) is 4.26. The van der Waals surface area contributed by atoms with E-state index in [9.17, 15) is 4.79 Å². The van der Waals surface area contributed by atoms with E-state index >= 15 is 0 Å². The third-order valence-corrected chi connectivity index (χ3v) is 4.26. The van der Waals surface area contributed by atoms with Crippen molar-refractivity contribution < 1.29 is 14.3 Å². The molecule has 5 heteroatoms. The number of nitrogens with zero attached hydrogens (tertiary/aromatic N) is 1. The van der Waals surface area contributed by atoms with Gasteiger partial charge in [-0.25, -0.2) is 0 Å². The summed E-state index contributed by atoms with van der Waals surface area (Å²) in [5.41, 5.74) is 1.70. The normalized spacial score (nSPS) is 17.7. The largest absolute Gasteiger partial charge is 0.496 e. The summed E-state index contributed by atoms with van der Waals surface area (Å²) in [6.07, 6.45) is 2.27. The summed E-state index contributed by atoms with van der Waals surface area (Å²) in [5, 5.41) is 0.990. The van der Waals surface area contributed by atoms with Crippen LogP contribution in [0, 0.1) is 0 Å². The van der Waals surface area contributed by atoms with Gasteiger partial charge < -0.3 is 19.4 Å². The Morgan fingerprint density at radius 2 is 2.27 bits per heavy atom. The van der Waals surface area contributed by atoms with Gasteiger partial charge in [0.05, 0.1) is 32.3 Å². The van der Waals surface area contributed by atoms with Gasteiger partial charge in [0, 0.05) is 23.6 Å². The fourth-order valence-electron chi connectivity index (χ4n) is 3.11. The molecule has 0 spiro atoms. The monoisotopic (exact) mass is 302 g/mol. The number of methoxy groups -OCH3 is 1. The predicted octanol–water partition coefficient (Wildman–Crippen LogP) is 2.36. The number of carbonyl (C=O) groups is 1. The highest BCUT2D eigenvalue weighted by Gasteiger charge is 2.34. The zero-order valence-electron chi connectivity index (χ0n) is 13.3. The van der Waals surface area contributed by atoms with Gasteiger partial charge in [0.2, 0.25) is 5.91 Å². The minimum absolute atomic E-state index is 0.125. The van der Waals surface area contributed by atoms with Crippen LogP contribution in [0.5, 0.6) is 5.75 Å². The van der Waals surface area contributed by atoms with Crippen LogP contribution in [0.15, 0.2) is 24.4 Å². The average Bonchev–Trinajstić information content (AvgIpc) is 2.90. The number of hydrogen-bond donors (Lipinski definition) is 1. The number of nitrogens with one attached hydrogen (secondary N) is 1. The lowest BCUT2D eigenvalue weighted by molar-refractivity contribution is -0.145. The molecule has 0 bridgehead atoms. The van der Waals surface area contributed by atoms with E-state index < -0.39 is 0 Å². The SMILES string of the molecule is COc1cccc2[nH]cc(CC(=O)N3CCOCC3(C)C)c12. The van der Waals surface area contributed by atoms with Gasteiger partial charge in [-0.15, -0.1) is 0 Å². The molecular weight excluding hydrogens is 280 g/mol. The standard InChI is InChI=1S/C17H22N2O3/c1-17(2)11-22-8-7-19(17)15(20)9-12-10-18-13-5-4-6-14(21-3)16(12)13/h4-6,10,18H,7-9,11H2,1-3H3. The van der Waals surface area contributed by atoms with Gasteiger partial charge in [0.25, 0.3) is 0 Å². The molecule has 2 heterocycles. The van der Waals surface area contributed by atoms with Crippen molar-refractivity contribution in [3.8, 4) is 5.75 Å². The third kappa shape index (κ3) is 2.57. The number of morpholine rings is 1. The fourth-order valence-corrected chi connectivity index (χ4v) is 3.11. The lowest BCUT2D eigenvalue weighted by Gasteiger charge is -2.42. The maximum Gasteiger partial charge on any atom is 0.227 e. The van der Waals surface area contributed by atoms with Gasteiger partial charge >= 0.3 is 0 Å². The van der Waals surface area contributed by atoms with E-state index in [1.54, 1.807) is 7.11 Å². The molecule has 1 saturated heterocycles. The molecule has 0 radical (unpaired) electrons. The van der Waals surface area contributed by atoms with Crippen LogP contribution in [0.25, 0.3) is 10.9 Å². The number of benzene rings is 1. The smallest absolute Gasteiger partial charge is 0.227 e. The first kappa shape index (κ1) is 14.9. The molecule has 2 aromatic rings. The maximum atomic E-state index is 12.7. The molecule has 1 aromatic carbocycles. The lowest BCUT2D eigenvalue weighted by atomic mass is 10.0. The molecule has 1 aliphatic heterocycles. The number of ether oxygens (including phenoxy) is 2. The molecule has 1 aromatic heterocycles. The Hall–Kier alpha value is -2.01. The van der Waals surface area contributed by atoms with Crippen molar-refractivity contribution in [2.24, 2.45) is 0 Å². The van der Waals surface area contributed by atoms with Crippen LogP contribution in [0.3, 0.4) is 0 Å².